The number of aromatic nitrogens is 2. The number of rotatable bonds is 2. The summed E-state index contributed by atoms with van der Waals surface area (Å²) in [6.45, 7) is -0.0303. The quantitative estimate of drug-likeness (QED) is 0.674. The van der Waals surface area contributed by atoms with Crippen LogP contribution in [-0.4, -0.2) is 9.55 Å². The summed E-state index contributed by atoms with van der Waals surface area (Å²) in [6, 6.07) is 7.34. The lowest BCUT2D eigenvalue weighted by atomic mass is 10.2. The molecule has 112 valence electrons. The van der Waals surface area contributed by atoms with E-state index < -0.39 is 5.82 Å². The van der Waals surface area contributed by atoms with Crippen LogP contribution < -0.4 is 5.56 Å². The highest BCUT2D eigenvalue weighted by molar-refractivity contribution is 6.38. The van der Waals surface area contributed by atoms with Gasteiger partial charge in [0.2, 0.25) is 0 Å². The van der Waals surface area contributed by atoms with E-state index in [1.807, 2.05) is 0 Å². The van der Waals surface area contributed by atoms with E-state index >= 15 is 0 Å². The van der Waals surface area contributed by atoms with Gasteiger partial charge in [-0.25, -0.2) is 9.37 Å². The molecule has 2 aromatic carbocycles. The van der Waals surface area contributed by atoms with Crippen LogP contribution in [0.25, 0.3) is 10.9 Å². The van der Waals surface area contributed by atoms with Crippen molar-refractivity contribution in [1.29, 1.82) is 0 Å². The lowest BCUT2D eigenvalue weighted by Crippen LogP contribution is -2.22. The van der Waals surface area contributed by atoms with Crippen LogP contribution >= 0.6 is 34.8 Å². The van der Waals surface area contributed by atoms with Gasteiger partial charge in [0.15, 0.2) is 0 Å². The standard InChI is InChI=1S/C15H8Cl3FN2O/c16-8-4-9-14(12(18)5-8)20-7-21(15(9)22)6-10-11(17)2-1-3-13(10)19/h1-5,7H,6H2. The van der Waals surface area contributed by atoms with Gasteiger partial charge in [-0.3, -0.25) is 9.36 Å². The molecule has 0 radical (unpaired) electrons. The Morgan fingerprint density at radius 1 is 1.14 bits per heavy atom. The molecule has 7 heteroatoms. The molecule has 0 saturated carbocycles. The minimum atomic E-state index is -0.483. The number of benzene rings is 2. The normalized spacial score (nSPS) is 11.1. The minimum Gasteiger partial charge on any atom is -0.294 e. The van der Waals surface area contributed by atoms with Gasteiger partial charge in [0.25, 0.3) is 5.56 Å². The molecule has 0 spiro atoms. The lowest BCUT2D eigenvalue weighted by molar-refractivity contribution is 0.595. The van der Waals surface area contributed by atoms with Crippen molar-refractivity contribution in [2.45, 2.75) is 6.54 Å². The summed E-state index contributed by atoms with van der Waals surface area (Å²) in [4.78, 5) is 16.6. The van der Waals surface area contributed by atoms with E-state index in [0.29, 0.717) is 10.5 Å². The van der Waals surface area contributed by atoms with Gasteiger partial charge in [0.05, 0.1) is 28.8 Å². The predicted octanol–water partition coefficient (Wildman–Crippen LogP) is 4.54. The molecule has 0 unspecified atom stereocenters. The van der Waals surface area contributed by atoms with E-state index in [4.69, 9.17) is 34.8 Å². The van der Waals surface area contributed by atoms with Crippen LogP contribution in [0.3, 0.4) is 0 Å². The summed E-state index contributed by atoms with van der Waals surface area (Å²) in [6.07, 6.45) is 1.31. The van der Waals surface area contributed by atoms with Crippen LogP contribution in [0.2, 0.25) is 15.1 Å². The average molecular weight is 358 g/mol. The molecule has 0 fully saturated rings. The average Bonchev–Trinajstić information content (AvgIpc) is 2.46. The van der Waals surface area contributed by atoms with Crippen molar-refractivity contribution in [3.05, 3.63) is 73.5 Å². The maximum atomic E-state index is 13.8. The highest BCUT2D eigenvalue weighted by Gasteiger charge is 2.12. The molecule has 22 heavy (non-hydrogen) atoms. The molecular weight excluding hydrogens is 350 g/mol. The third-order valence-corrected chi connectivity index (χ3v) is 4.10. The zero-order chi connectivity index (χ0) is 15.9. The van der Waals surface area contributed by atoms with Crippen molar-refractivity contribution in [2.24, 2.45) is 0 Å². The van der Waals surface area contributed by atoms with E-state index in [9.17, 15) is 9.18 Å². The second-order valence-corrected chi connectivity index (χ2v) is 5.91. The van der Waals surface area contributed by atoms with Crippen LogP contribution in [0.15, 0.2) is 41.5 Å². The zero-order valence-corrected chi connectivity index (χ0v) is 13.3. The summed E-state index contributed by atoms with van der Waals surface area (Å²) >= 11 is 17.9. The molecule has 1 heterocycles. The summed E-state index contributed by atoms with van der Waals surface area (Å²) in [5, 5.41) is 1.14. The number of nitrogens with zero attached hydrogens (tertiary/aromatic N) is 2. The fourth-order valence-electron chi connectivity index (χ4n) is 2.16. The van der Waals surface area contributed by atoms with Gasteiger partial charge < -0.3 is 0 Å². The largest absolute Gasteiger partial charge is 0.294 e. The van der Waals surface area contributed by atoms with E-state index in [0.717, 1.165) is 0 Å². The summed E-state index contributed by atoms with van der Waals surface area (Å²) in [5.41, 5.74) is 0.209. The van der Waals surface area contributed by atoms with Crippen molar-refractivity contribution >= 4 is 45.7 Å². The van der Waals surface area contributed by atoms with E-state index in [-0.39, 0.29) is 33.1 Å². The molecule has 1 aromatic heterocycles. The first kappa shape index (κ1) is 15.3. The number of halogens is 4. The Labute approximate surface area is 139 Å². The van der Waals surface area contributed by atoms with Crippen molar-refractivity contribution in [2.75, 3.05) is 0 Å². The Bertz CT molecular complexity index is 920. The first-order chi connectivity index (χ1) is 10.5. The molecule has 0 N–H and O–H groups in total. The maximum absolute atomic E-state index is 13.8. The topological polar surface area (TPSA) is 34.9 Å². The molecule has 0 bridgehead atoms. The highest BCUT2D eigenvalue weighted by atomic mass is 35.5. The van der Waals surface area contributed by atoms with E-state index in [1.165, 1.54) is 35.2 Å². The highest BCUT2D eigenvalue weighted by Crippen LogP contribution is 2.24. The maximum Gasteiger partial charge on any atom is 0.261 e. The van der Waals surface area contributed by atoms with Crippen LogP contribution in [-0.2, 0) is 6.54 Å². The Morgan fingerprint density at radius 3 is 2.64 bits per heavy atom. The SMILES string of the molecule is O=c1c2cc(Cl)cc(Cl)c2ncn1Cc1c(F)cccc1Cl. The van der Waals surface area contributed by atoms with Crippen molar-refractivity contribution in [3.63, 3.8) is 0 Å². The van der Waals surface area contributed by atoms with Gasteiger partial charge in [-0.1, -0.05) is 40.9 Å². The smallest absolute Gasteiger partial charge is 0.261 e. The van der Waals surface area contributed by atoms with Gasteiger partial charge in [0, 0.05) is 15.6 Å². The molecule has 3 nitrogen and oxygen atoms in total. The molecule has 0 aliphatic heterocycles. The first-order valence-corrected chi connectivity index (χ1v) is 7.38. The Balaban J connectivity index is 2.17. The predicted molar refractivity (Wildman–Crippen MR) is 86.5 cm³/mol. The first-order valence-electron chi connectivity index (χ1n) is 6.24. The number of fused-ring (bicyclic) bond motifs is 1. The van der Waals surface area contributed by atoms with Gasteiger partial charge in [-0.15, -0.1) is 0 Å². The molecule has 3 rings (SSSR count). The van der Waals surface area contributed by atoms with Crippen LogP contribution in [0, 0.1) is 5.82 Å². The Kier molecular flexibility index (Phi) is 4.08. The van der Waals surface area contributed by atoms with E-state index in [1.54, 1.807) is 6.07 Å². The van der Waals surface area contributed by atoms with Gasteiger partial charge in [-0.2, -0.15) is 0 Å². The van der Waals surface area contributed by atoms with Gasteiger partial charge >= 0.3 is 0 Å². The Hall–Kier alpha value is -1.62. The fourth-order valence-corrected chi connectivity index (χ4v) is 2.93. The molecular formula is C15H8Cl3FN2O. The second-order valence-electron chi connectivity index (χ2n) is 4.66. The van der Waals surface area contributed by atoms with Crippen molar-refractivity contribution < 1.29 is 4.39 Å². The van der Waals surface area contributed by atoms with Crippen molar-refractivity contribution in [1.82, 2.24) is 9.55 Å². The zero-order valence-electron chi connectivity index (χ0n) is 11.0. The lowest BCUT2D eigenvalue weighted by Gasteiger charge is -2.10. The number of hydrogen-bond donors (Lipinski definition) is 0. The third kappa shape index (κ3) is 2.70. The Morgan fingerprint density at radius 2 is 1.91 bits per heavy atom. The summed E-state index contributed by atoms with van der Waals surface area (Å²) in [7, 11) is 0. The summed E-state index contributed by atoms with van der Waals surface area (Å²) < 4.78 is 15.1. The monoisotopic (exact) mass is 356 g/mol. The van der Waals surface area contributed by atoms with Gasteiger partial charge in [-0.05, 0) is 24.3 Å². The van der Waals surface area contributed by atoms with Crippen LogP contribution in [0.1, 0.15) is 5.56 Å². The van der Waals surface area contributed by atoms with Gasteiger partial charge in [0.1, 0.15) is 5.82 Å². The van der Waals surface area contributed by atoms with Crippen LogP contribution in [0.4, 0.5) is 4.39 Å². The molecule has 3 aromatic rings. The molecule has 0 aliphatic carbocycles. The third-order valence-electron chi connectivity index (χ3n) is 3.24. The number of hydrogen-bond acceptors (Lipinski definition) is 2. The molecule has 0 atom stereocenters. The molecule has 0 amide bonds. The van der Waals surface area contributed by atoms with Crippen LogP contribution in [0.5, 0.6) is 0 Å². The molecule has 0 saturated heterocycles. The second kappa shape index (κ2) is 5.88. The summed E-state index contributed by atoms with van der Waals surface area (Å²) in [5.74, 6) is -0.483. The van der Waals surface area contributed by atoms with E-state index in [2.05, 4.69) is 4.98 Å². The van der Waals surface area contributed by atoms with Crippen molar-refractivity contribution in [3.8, 4) is 0 Å². The fraction of sp³-hybridized carbons (Fsp3) is 0.0667. The molecule has 0 aliphatic rings. The minimum absolute atomic E-state index is 0.0303.